The van der Waals surface area contributed by atoms with E-state index in [0.29, 0.717) is 0 Å². The number of aliphatic hydroxyl groups is 6. The van der Waals surface area contributed by atoms with Crippen LogP contribution in [0.1, 0.15) is 19.8 Å². The Labute approximate surface area is 167 Å². The molecule has 0 aromatic heterocycles. The Balaban J connectivity index is 1.93. The van der Waals surface area contributed by atoms with E-state index in [1.54, 1.807) is 19.1 Å². The van der Waals surface area contributed by atoms with Gasteiger partial charge in [-0.3, -0.25) is 0 Å². The first-order chi connectivity index (χ1) is 13.7. The minimum absolute atomic E-state index is 0.154. The molecular weight excluding hydrogens is 392 g/mol. The molecule has 0 saturated carbocycles. The summed E-state index contributed by atoms with van der Waals surface area (Å²) in [4.78, 5) is 10.7. The van der Waals surface area contributed by atoms with Crippen LogP contribution >= 0.6 is 0 Å². The summed E-state index contributed by atoms with van der Waals surface area (Å²) in [6.07, 6.45) is -7.35. The average molecular weight is 422 g/mol. The molecule has 2 heterocycles. The largest absolute Gasteiger partial charge is 0.480 e. The molecule has 7 N–H and O–H groups in total. The minimum atomic E-state index is -1.39. The van der Waals surface area contributed by atoms with Crippen molar-refractivity contribution < 1.29 is 54.8 Å². The van der Waals surface area contributed by atoms with E-state index in [4.69, 9.17) is 19.3 Å². The predicted octanol–water partition coefficient (Wildman–Crippen LogP) is -2.86. The Morgan fingerprint density at radius 2 is 1.41 bits per heavy atom. The van der Waals surface area contributed by atoms with Gasteiger partial charge in [-0.2, -0.15) is 0 Å². The maximum absolute atomic E-state index is 10.7. The average Bonchev–Trinajstić information content (AvgIpc) is 2.68. The maximum Gasteiger partial charge on any atom is 0.329 e. The number of aliphatic carboxylic acids is 1. The fourth-order valence-electron chi connectivity index (χ4n) is 3.51. The topological polar surface area (TPSA) is 186 Å². The fourth-order valence-corrected chi connectivity index (χ4v) is 3.51. The van der Waals surface area contributed by atoms with E-state index in [0.717, 1.165) is 0 Å². The van der Waals surface area contributed by atoms with E-state index in [2.05, 4.69) is 0 Å². The Morgan fingerprint density at radius 1 is 0.862 bits per heavy atom. The summed E-state index contributed by atoms with van der Waals surface area (Å²) in [5.74, 6) is -1.26. The number of hydrogen-bond donors (Lipinski definition) is 7. The summed E-state index contributed by atoms with van der Waals surface area (Å²) in [6, 6.07) is 0. The molecule has 0 amide bonds. The standard InChI is InChI=1S/C18H30O11/c1-8-13(22)17(26)14(23)9(28-8)4-2-3-5-10-15(24)18(27-7-12(20)21)16(25)11(6-19)29-10/h2-3,8-11,13-19,22-26H,4-7H2,1H3,(H,20,21)/b3-2+/t8-,9-,10-,11+,13+,14+,15-,16-,17+,18+/m0/s1. The van der Waals surface area contributed by atoms with Crippen LogP contribution in [0.5, 0.6) is 0 Å². The van der Waals surface area contributed by atoms with Gasteiger partial charge in [0, 0.05) is 0 Å². The summed E-state index contributed by atoms with van der Waals surface area (Å²) in [5.41, 5.74) is 0. The Morgan fingerprint density at radius 3 is 1.97 bits per heavy atom. The second-order valence-corrected chi connectivity index (χ2v) is 7.34. The summed E-state index contributed by atoms with van der Waals surface area (Å²) in [7, 11) is 0. The van der Waals surface area contributed by atoms with Crippen LogP contribution < -0.4 is 0 Å². The number of carbonyl (C=O) groups is 1. The predicted molar refractivity (Wildman–Crippen MR) is 95.9 cm³/mol. The second kappa shape index (κ2) is 10.8. The molecule has 0 aromatic rings. The molecule has 11 heteroatoms. The van der Waals surface area contributed by atoms with Crippen LogP contribution in [-0.4, -0.2) is 116 Å². The highest BCUT2D eigenvalue weighted by atomic mass is 16.6. The highest BCUT2D eigenvalue weighted by Gasteiger charge is 2.45. The van der Waals surface area contributed by atoms with Crippen molar-refractivity contribution in [2.75, 3.05) is 13.2 Å². The molecule has 2 aliphatic rings. The van der Waals surface area contributed by atoms with Gasteiger partial charge in [0.15, 0.2) is 0 Å². The van der Waals surface area contributed by atoms with Crippen LogP contribution in [0.3, 0.4) is 0 Å². The number of ether oxygens (including phenoxy) is 3. The molecule has 2 saturated heterocycles. The number of aliphatic hydroxyl groups excluding tert-OH is 6. The molecule has 29 heavy (non-hydrogen) atoms. The van der Waals surface area contributed by atoms with Gasteiger partial charge in [0.2, 0.25) is 0 Å². The van der Waals surface area contributed by atoms with Crippen LogP contribution in [0.25, 0.3) is 0 Å². The van der Waals surface area contributed by atoms with Crippen molar-refractivity contribution in [1.82, 2.24) is 0 Å². The number of hydrogen-bond acceptors (Lipinski definition) is 10. The van der Waals surface area contributed by atoms with Gasteiger partial charge in [0.1, 0.15) is 49.3 Å². The molecule has 0 aliphatic carbocycles. The monoisotopic (exact) mass is 422 g/mol. The minimum Gasteiger partial charge on any atom is -0.480 e. The Hall–Kier alpha value is -1.15. The third-order valence-corrected chi connectivity index (χ3v) is 5.22. The van der Waals surface area contributed by atoms with Crippen molar-refractivity contribution in [2.45, 2.75) is 80.8 Å². The van der Waals surface area contributed by atoms with Crippen LogP contribution in [0.2, 0.25) is 0 Å². The van der Waals surface area contributed by atoms with Crippen LogP contribution in [0, 0.1) is 0 Å². The van der Waals surface area contributed by atoms with Gasteiger partial charge in [-0.15, -0.1) is 0 Å². The van der Waals surface area contributed by atoms with E-state index < -0.39 is 80.2 Å². The van der Waals surface area contributed by atoms with E-state index >= 15 is 0 Å². The van der Waals surface area contributed by atoms with Crippen molar-refractivity contribution in [3.63, 3.8) is 0 Å². The molecule has 0 unspecified atom stereocenters. The van der Waals surface area contributed by atoms with Crippen LogP contribution in [0.15, 0.2) is 12.2 Å². The normalized spacial score (nSPS) is 43.6. The molecular formula is C18H30O11. The molecule has 168 valence electrons. The summed E-state index contributed by atoms with van der Waals surface area (Å²) < 4.78 is 16.0. The molecule has 2 rings (SSSR count). The zero-order chi connectivity index (χ0) is 21.7. The van der Waals surface area contributed by atoms with Crippen molar-refractivity contribution >= 4 is 5.97 Å². The van der Waals surface area contributed by atoms with Gasteiger partial charge >= 0.3 is 5.97 Å². The quantitative estimate of drug-likeness (QED) is 0.200. The molecule has 0 radical (unpaired) electrons. The molecule has 2 aliphatic heterocycles. The fraction of sp³-hybridized carbons (Fsp3) is 0.833. The third kappa shape index (κ3) is 5.94. The van der Waals surface area contributed by atoms with Crippen molar-refractivity contribution in [3.05, 3.63) is 12.2 Å². The lowest BCUT2D eigenvalue weighted by atomic mass is 9.92. The van der Waals surface area contributed by atoms with Crippen LogP contribution in [0.4, 0.5) is 0 Å². The van der Waals surface area contributed by atoms with Crippen molar-refractivity contribution in [1.29, 1.82) is 0 Å². The van der Waals surface area contributed by atoms with Crippen molar-refractivity contribution in [3.8, 4) is 0 Å². The van der Waals surface area contributed by atoms with Crippen LogP contribution in [-0.2, 0) is 19.0 Å². The zero-order valence-corrected chi connectivity index (χ0v) is 16.0. The first-order valence-corrected chi connectivity index (χ1v) is 9.47. The zero-order valence-electron chi connectivity index (χ0n) is 16.0. The summed E-state index contributed by atoms with van der Waals surface area (Å²) in [6.45, 7) is 0.324. The third-order valence-electron chi connectivity index (χ3n) is 5.22. The van der Waals surface area contributed by atoms with E-state index in [9.17, 15) is 35.4 Å². The summed E-state index contributed by atoms with van der Waals surface area (Å²) in [5, 5.41) is 68.1. The van der Waals surface area contributed by atoms with Gasteiger partial charge in [-0.25, -0.2) is 4.79 Å². The lowest BCUT2D eigenvalue weighted by molar-refractivity contribution is -0.240. The lowest BCUT2D eigenvalue weighted by Gasteiger charge is -2.41. The first-order valence-electron chi connectivity index (χ1n) is 9.47. The van der Waals surface area contributed by atoms with Gasteiger partial charge in [0.05, 0.1) is 24.9 Å². The van der Waals surface area contributed by atoms with Gasteiger partial charge in [0.25, 0.3) is 0 Å². The van der Waals surface area contributed by atoms with Gasteiger partial charge < -0.3 is 50.0 Å². The molecule has 0 bridgehead atoms. The maximum atomic E-state index is 10.7. The SMILES string of the molecule is C[C@@H]1O[C@@H](C/C=C/C[C@@H]2O[C@H](CO)[C@H](O)[C@H](OCC(=O)O)[C@H]2O)[C@@H](O)[C@H](O)[C@@H]1O. The number of carboxylic acids is 1. The van der Waals surface area contributed by atoms with Gasteiger partial charge in [-0.1, -0.05) is 12.2 Å². The molecule has 0 aromatic carbocycles. The summed E-state index contributed by atoms with van der Waals surface area (Å²) >= 11 is 0. The number of rotatable bonds is 8. The van der Waals surface area contributed by atoms with Gasteiger partial charge in [-0.05, 0) is 19.8 Å². The van der Waals surface area contributed by atoms with E-state index in [1.807, 2.05) is 0 Å². The second-order valence-electron chi connectivity index (χ2n) is 7.34. The lowest BCUT2D eigenvalue weighted by Crippen LogP contribution is -2.59. The molecule has 0 spiro atoms. The Kier molecular flexibility index (Phi) is 8.94. The highest BCUT2D eigenvalue weighted by Crippen LogP contribution is 2.27. The van der Waals surface area contributed by atoms with Crippen molar-refractivity contribution in [2.24, 2.45) is 0 Å². The molecule has 10 atom stereocenters. The Bertz CT molecular complexity index is 556. The molecule has 2 fully saturated rings. The molecule has 11 nitrogen and oxygen atoms in total. The highest BCUT2D eigenvalue weighted by molar-refractivity contribution is 5.68. The van der Waals surface area contributed by atoms with E-state index in [-0.39, 0.29) is 12.8 Å². The first kappa shape index (κ1) is 24.1. The van der Waals surface area contributed by atoms with E-state index in [1.165, 1.54) is 0 Å². The smallest absolute Gasteiger partial charge is 0.329 e. The number of carboxylic acid groups (broad SMARTS) is 1.